The normalized spacial score (nSPS) is 10.3. The number of fused-ring (bicyclic) bond motifs is 1. The van der Waals surface area contributed by atoms with Gasteiger partial charge in [-0.25, -0.2) is 4.79 Å². The van der Waals surface area contributed by atoms with E-state index in [9.17, 15) is 13.2 Å². The molecule has 0 aromatic heterocycles. The molecule has 18 heavy (non-hydrogen) atoms. The molecule has 1 aliphatic heterocycles. The van der Waals surface area contributed by atoms with E-state index >= 15 is 0 Å². The number of halogens is 3. The molecule has 0 aromatic rings. The summed E-state index contributed by atoms with van der Waals surface area (Å²) in [4.78, 5) is 11.8. The predicted molar refractivity (Wildman–Crippen MR) is 55.8 cm³/mol. The fourth-order valence-electron chi connectivity index (χ4n) is 1.19. The summed E-state index contributed by atoms with van der Waals surface area (Å²) >= 11 is 0. The summed E-state index contributed by atoms with van der Waals surface area (Å²) in [5, 5.41) is 15.8. The van der Waals surface area contributed by atoms with Crippen molar-refractivity contribution in [2.75, 3.05) is 0 Å². The molecule has 0 unspecified atom stereocenters. The number of nitrogens with zero attached hydrogens (tertiary/aromatic N) is 1. The highest BCUT2D eigenvalue weighted by atomic mass is 19.4. The molecular weight excluding hydrogens is 249 g/mol. The Labute approximate surface area is 99.6 Å². The third kappa shape index (κ3) is 3.25. The molecule has 1 aliphatic carbocycles. The third-order valence-electron chi connectivity index (χ3n) is 1.97. The fourth-order valence-corrected chi connectivity index (χ4v) is 1.19. The lowest BCUT2D eigenvalue weighted by Crippen LogP contribution is -2.21. The van der Waals surface area contributed by atoms with Crippen LogP contribution in [0, 0.1) is 11.3 Å². The lowest BCUT2D eigenvalue weighted by atomic mass is 10.1. The molecule has 0 saturated heterocycles. The van der Waals surface area contributed by atoms with E-state index in [0.29, 0.717) is 5.56 Å². The summed E-state index contributed by atoms with van der Waals surface area (Å²) in [6.07, 6.45) is -1.49. The second-order valence-electron chi connectivity index (χ2n) is 3.18. The zero-order valence-electron chi connectivity index (χ0n) is 8.82. The Morgan fingerprint density at radius 3 is 2.44 bits per heavy atom. The van der Waals surface area contributed by atoms with Crippen LogP contribution >= 0.6 is 0 Å². The zero-order chi connectivity index (χ0) is 13.8. The standard InChI is InChI=1S/C9H6N2.C2HF3O2/c10-4-8-6-11-5-7-2-1-3-9(7)8;3-2(4,5)1(6)7/h1-3,5-6,11H;(H,6,7). The minimum absolute atomic E-state index is 0.701. The summed E-state index contributed by atoms with van der Waals surface area (Å²) < 4.78 is 31.7. The maximum absolute atomic E-state index is 10.6. The minimum Gasteiger partial charge on any atom is -0.475 e. The average molecular weight is 256 g/mol. The SMILES string of the molecule is N#Cc1c[nH]cc2cccc1-2.O=C(O)C(F)(F)F. The number of hydrogen-bond donors (Lipinski definition) is 2. The van der Waals surface area contributed by atoms with E-state index in [2.05, 4.69) is 11.1 Å². The van der Waals surface area contributed by atoms with Crippen LogP contribution in [0.2, 0.25) is 0 Å². The summed E-state index contributed by atoms with van der Waals surface area (Å²) in [5.74, 6) is -2.76. The van der Waals surface area contributed by atoms with Crippen molar-refractivity contribution < 1.29 is 23.1 Å². The number of H-pyrrole nitrogens is 1. The van der Waals surface area contributed by atoms with E-state index in [4.69, 9.17) is 15.2 Å². The molecule has 0 radical (unpaired) electrons. The summed E-state index contributed by atoms with van der Waals surface area (Å²) in [7, 11) is 0. The van der Waals surface area contributed by atoms with E-state index in [0.717, 1.165) is 11.1 Å². The molecule has 0 bridgehead atoms. The van der Waals surface area contributed by atoms with Crippen molar-refractivity contribution in [1.29, 1.82) is 5.26 Å². The van der Waals surface area contributed by atoms with E-state index in [1.54, 1.807) is 6.20 Å². The van der Waals surface area contributed by atoms with Gasteiger partial charge in [-0.1, -0.05) is 18.2 Å². The molecule has 0 aromatic carbocycles. The van der Waals surface area contributed by atoms with Gasteiger partial charge in [-0.2, -0.15) is 18.4 Å². The van der Waals surface area contributed by atoms with Crippen LogP contribution in [0.3, 0.4) is 0 Å². The molecule has 1 heterocycles. The van der Waals surface area contributed by atoms with Crippen molar-refractivity contribution >= 4 is 5.97 Å². The molecule has 0 spiro atoms. The van der Waals surface area contributed by atoms with Crippen LogP contribution in [0.4, 0.5) is 13.2 Å². The molecule has 4 nitrogen and oxygen atoms in total. The summed E-state index contributed by atoms with van der Waals surface area (Å²) in [5.41, 5.74) is 2.81. The maximum Gasteiger partial charge on any atom is 0.490 e. The van der Waals surface area contributed by atoms with Gasteiger partial charge in [-0.3, -0.25) is 0 Å². The zero-order valence-corrected chi connectivity index (χ0v) is 8.82. The van der Waals surface area contributed by atoms with Crippen LogP contribution in [0.5, 0.6) is 0 Å². The Balaban J connectivity index is 0.000000203. The molecule has 0 fully saturated rings. The molecule has 0 atom stereocenters. The average Bonchev–Trinajstić information content (AvgIpc) is 2.76. The van der Waals surface area contributed by atoms with Gasteiger partial charge >= 0.3 is 12.1 Å². The molecule has 7 heteroatoms. The van der Waals surface area contributed by atoms with Gasteiger partial charge in [0, 0.05) is 18.0 Å². The van der Waals surface area contributed by atoms with Gasteiger partial charge < -0.3 is 10.1 Å². The van der Waals surface area contributed by atoms with Gasteiger partial charge in [0.15, 0.2) is 0 Å². The van der Waals surface area contributed by atoms with Crippen LogP contribution in [-0.2, 0) is 4.79 Å². The fraction of sp³-hybridized carbons (Fsp3) is 0.0909. The Morgan fingerprint density at radius 1 is 1.33 bits per heavy atom. The lowest BCUT2D eigenvalue weighted by Gasteiger charge is -1.98. The highest BCUT2D eigenvalue weighted by Crippen LogP contribution is 2.24. The highest BCUT2D eigenvalue weighted by Gasteiger charge is 2.38. The quantitative estimate of drug-likeness (QED) is 0.760. The van der Waals surface area contributed by atoms with Crippen LogP contribution < -0.4 is 0 Å². The Hall–Kier alpha value is -2.49. The molecule has 94 valence electrons. The van der Waals surface area contributed by atoms with Gasteiger partial charge in [0.05, 0.1) is 5.56 Å². The first kappa shape index (κ1) is 13.6. The first-order chi connectivity index (χ1) is 8.36. The van der Waals surface area contributed by atoms with E-state index in [1.165, 1.54) is 0 Å². The maximum atomic E-state index is 10.6. The Bertz CT molecular complexity index is 554. The number of alkyl halides is 3. The molecule has 2 N–H and O–H groups in total. The summed E-state index contributed by atoms with van der Waals surface area (Å²) in [6.45, 7) is 0. The third-order valence-corrected chi connectivity index (χ3v) is 1.97. The van der Waals surface area contributed by atoms with Crippen molar-refractivity contribution in [1.82, 2.24) is 4.98 Å². The lowest BCUT2D eigenvalue weighted by molar-refractivity contribution is -0.192. The van der Waals surface area contributed by atoms with Crippen molar-refractivity contribution in [2.24, 2.45) is 0 Å². The number of carboxylic acid groups (broad SMARTS) is 1. The molecule has 0 amide bonds. The molecule has 2 aliphatic rings. The number of rotatable bonds is 0. The summed E-state index contributed by atoms with van der Waals surface area (Å²) in [6, 6.07) is 7.99. The first-order valence-electron chi connectivity index (χ1n) is 4.62. The van der Waals surface area contributed by atoms with Crippen molar-refractivity contribution in [3.63, 3.8) is 0 Å². The van der Waals surface area contributed by atoms with Gasteiger partial charge in [0.1, 0.15) is 6.07 Å². The van der Waals surface area contributed by atoms with Crippen LogP contribution in [-0.4, -0.2) is 22.2 Å². The molecule has 2 rings (SSSR count). The number of pyridine rings is 1. The van der Waals surface area contributed by atoms with Crippen molar-refractivity contribution in [3.8, 4) is 17.2 Å². The van der Waals surface area contributed by atoms with Crippen molar-refractivity contribution in [2.45, 2.75) is 6.18 Å². The number of nitriles is 1. The molecule has 0 saturated carbocycles. The predicted octanol–water partition coefficient (Wildman–Crippen LogP) is 2.62. The topological polar surface area (TPSA) is 76.9 Å². The van der Waals surface area contributed by atoms with Crippen LogP contribution in [0.1, 0.15) is 5.56 Å². The first-order valence-corrected chi connectivity index (χ1v) is 4.62. The van der Waals surface area contributed by atoms with Crippen LogP contribution in [0.15, 0.2) is 30.6 Å². The number of aromatic amines is 1. The second kappa shape index (κ2) is 5.23. The minimum atomic E-state index is -5.08. The van der Waals surface area contributed by atoms with E-state index in [-0.39, 0.29) is 0 Å². The number of aliphatic carboxylic acids is 1. The Kier molecular flexibility index (Phi) is 3.94. The van der Waals surface area contributed by atoms with Crippen molar-refractivity contribution in [3.05, 3.63) is 36.2 Å². The van der Waals surface area contributed by atoms with Gasteiger partial charge in [0.25, 0.3) is 0 Å². The van der Waals surface area contributed by atoms with E-state index in [1.807, 2.05) is 24.4 Å². The number of nitrogens with one attached hydrogen (secondary N) is 1. The van der Waals surface area contributed by atoms with Crippen LogP contribution in [0.25, 0.3) is 11.1 Å². The van der Waals surface area contributed by atoms with Gasteiger partial charge in [0.2, 0.25) is 0 Å². The monoisotopic (exact) mass is 256 g/mol. The molecular formula is C11H7F3N2O2. The van der Waals surface area contributed by atoms with Gasteiger partial charge in [-0.05, 0) is 5.56 Å². The number of hydrogen-bond acceptors (Lipinski definition) is 2. The highest BCUT2D eigenvalue weighted by molar-refractivity contribution is 5.73. The second-order valence-corrected chi connectivity index (χ2v) is 3.18. The largest absolute Gasteiger partial charge is 0.490 e. The van der Waals surface area contributed by atoms with E-state index < -0.39 is 12.1 Å². The van der Waals surface area contributed by atoms with Gasteiger partial charge in [-0.15, -0.1) is 0 Å². The number of carbonyl (C=O) groups is 1. The number of aromatic nitrogens is 1. The Morgan fingerprint density at radius 2 is 1.94 bits per heavy atom. The smallest absolute Gasteiger partial charge is 0.475 e. The number of carboxylic acids is 1.